The molecule has 0 nitrogen and oxygen atoms in total. The molecule has 0 atom stereocenters. The predicted octanol–water partition coefficient (Wildman–Crippen LogP) is 20.8. The van der Waals surface area contributed by atoms with Gasteiger partial charge in [-0.2, -0.15) is 0 Å². The summed E-state index contributed by atoms with van der Waals surface area (Å²) >= 11 is 0. The fraction of sp³-hybridized carbons (Fsp3) is 0.130. The number of halogens is 2. The minimum Gasteiger partial charge on any atom is -0.207 e. The summed E-state index contributed by atoms with van der Waals surface area (Å²) in [7, 11) is 0. The first-order valence-electron chi connectivity index (χ1n) is 24.8. The highest BCUT2D eigenvalue weighted by molar-refractivity contribution is 5.84. The van der Waals surface area contributed by atoms with Crippen molar-refractivity contribution in [2.45, 2.75) is 62.3 Å². The maximum absolute atomic E-state index is 15.5. The number of benzene rings is 9. The lowest BCUT2D eigenvalue weighted by molar-refractivity contribution is 0.628. The van der Waals surface area contributed by atoms with Crippen LogP contribution in [0.1, 0.15) is 63.8 Å². The van der Waals surface area contributed by atoms with Crippen molar-refractivity contribution in [1.82, 2.24) is 0 Å². The number of rotatable bonds is 11. The molecule has 0 unspecified atom stereocenters. The van der Waals surface area contributed by atoms with Gasteiger partial charge in [0.05, 0.1) is 0 Å². The Morgan fingerprint density at radius 1 is 0.366 bits per heavy atom. The molecule has 0 fully saturated rings. The molecule has 0 aromatic heterocycles. The van der Waals surface area contributed by atoms with Crippen LogP contribution in [0.5, 0.6) is 0 Å². The lowest BCUT2D eigenvalue weighted by Gasteiger charge is -2.13. The predicted molar refractivity (Wildman–Crippen MR) is 304 cm³/mol. The molecule has 0 radical (unpaired) electrons. The molecule has 0 aliphatic carbocycles. The van der Waals surface area contributed by atoms with Gasteiger partial charge in [0.15, 0.2) is 0 Å². The standard InChI is InChI=1S/C65H52F2.2C2H6/c1-7-14-62(42(3)8-2)64-29-27-54(31-44(64)5)50-18-13-21-53(35-50)59-37-58(40-61(67)41-59)51-19-11-16-48(33-51)46-23-25-47(26-24-46)56-36-57(39-60(66)38-56)52-20-12-17-49(34-52)55-28-30-65(45(6)32-55)63-22-10-9-15-43(63)4;2*1-2/h7-41H,2H2,1,3-6H3;2*1-2H3/b14-7-,62-42+;;. The van der Waals surface area contributed by atoms with Gasteiger partial charge in [-0.25, -0.2) is 8.78 Å². The first-order valence-corrected chi connectivity index (χ1v) is 24.8. The molecular formula is C69H64F2. The molecule has 0 aliphatic heterocycles. The van der Waals surface area contributed by atoms with E-state index in [1.54, 1.807) is 24.3 Å². The van der Waals surface area contributed by atoms with Crippen LogP contribution in [0, 0.1) is 32.4 Å². The van der Waals surface area contributed by atoms with Crippen LogP contribution in [-0.4, -0.2) is 0 Å². The highest BCUT2D eigenvalue weighted by Gasteiger charge is 2.13. The Kier molecular flexibility index (Phi) is 16.9. The average Bonchev–Trinajstić information content (AvgIpc) is 3.41. The lowest BCUT2D eigenvalue weighted by Crippen LogP contribution is -1.91. The summed E-state index contributed by atoms with van der Waals surface area (Å²) in [5, 5.41) is 0. The Balaban J connectivity index is 0.00000181. The number of allylic oxidation sites excluding steroid dienone is 5. The molecule has 71 heavy (non-hydrogen) atoms. The van der Waals surface area contributed by atoms with Crippen molar-refractivity contribution in [3.63, 3.8) is 0 Å². The third kappa shape index (κ3) is 11.7. The van der Waals surface area contributed by atoms with Crippen LogP contribution in [0.25, 0.3) is 94.6 Å². The Morgan fingerprint density at radius 2 is 0.718 bits per heavy atom. The third-order valence-electron chi connectivity index (χ3n) is 12.8. The molecule has 2 heteroatoms. The molecule has 0 bridgehead atoms. The van der Waals surface area contributed by atoms with Crippen molar-refractivity contribution in [2.75, 3.05) is 0 Å². The topological polar surface area (TPSA) is 0 Å². The number of hydrogen-bond donors (Lipinski definition) is 0. The van der Waals surface area contributed by atoms with Gasteiger partial charge in [0.25, 0.3) is 0 Å². The van der Waals surface area contributed by atoms with Crippen molar-refractivity contribution in [3.8, 4) is 89.0 Å². The van der Waals surface area contributed by atoms with E-state index in [0.29, 0.717) is 0 Å². The van der Waals surface area contributed by atoms with Crippen molar-refractivity contribution >= 4 is 5.57 Å². The Bertz CT molecular complexity index is 3380. The largest absolute Gasteiger partial charge is 0.207 e. The molecule has 0 amide bonds. The molecule has 9 aromatic carbocycles. The molecule has 0 heterocycles. The van der Waals surface area contributed by atoms with Crippen LogP contribution >= 0.6 is 0 Å². The molecule has 9 aromatic rings. The SMILES string of the molecule is C=C/C(C)=C(\C=C/C)c1ccc(-c2cccc(-c3cc(F)cc(-c4cccc(-c5ccc(-c6cc(F)cc(-c7cccc(-c8ccc(-c9ccccc9C)c(C)c8)c7)c6)cc5)c4)c3)c2)cc1C.CC.CC. The smallest absolute Gasteiger partial charge is 0.124 e. The van der Waals surface area contributed by atoms with Crippen molar-refractivity contribution in [2.24, 2.45) is 0 Å². The number of hydrogen-bond acceptors (Lipinski definition) is 0. The Labute approximate surface area is 422 Å². The monoisotopic (exact) mass is 930 g/mol. The number of aryl methyl sites for hydroxylation is 3. The van der Waals surface area contributed by atoms with Gasteiger partial charge in [-0.05, 0) is 212 Å². The van der Waals surface area contributed by atoms with Gasteiger partial charge in [-0.1, -0.05) is 192 Å². The van der Waals surface area contributed by atoms with E-state index >= 15 is 8.78 Å². The van der Waals surface area contributed by atoms with Gasteiger partial charge >= 0.3 is 0 Å². The van der Waals surface area contributed by atoms with Gasteiger partial charge in [-0.15, -0.1) is 0 Å². The van der Waals surface area contributed by atoms with Crippen LogP contribution in [0.2, 0.25) is 0 Å². The van der Waals surface area contributed by atoms with Gasteiger partial charge in [0, 0.05) is 0 Å². The molecule has 0 N–H and O–H groups in total. The third-order valence-corrected chi connectivity index (χ3v) is 12.8. The fourth-order valence-corrected chi connectivity index (χ4v) is 9.21. The summed E-state index contributed by atoms with van der Waals surface area (Å²) in [5.41, 5.74) is 22.9. The summed E-state index contributed by atoms with van der Waals surface area (Å²) in [6, 6.07) is 65.2. The lowest BCUT2D eigenvalue weighted by atomic mass is 9.91. The zero-order chi connectivity index (χ0) is 50.6. The quantitative estimate of drug-likeness (QED) is 0.113. The zero-order valence-electron chi connectivity index (χ0n) is 42.7. The highest BCUT2D eigenvalue weighted by Crippen LogP contribution is 2.37. The maximum atomic E-state index is 15.5. The molecule has 0 spiro atoms. The second-order valence-electron chi connectivity index (χ2n) is 17.5. The second kappa shape index (κ2) is 23.6. The average molecular weight is 931 g/mol. The molecule has 9 rings (SSSR count). The molecular weight excluding hydrogens is 867 g/mol. The summed E-state index contributed by atoms with van der Waals surface area (Å²) in [6.07, 6.45) is 6.08. The highest BCUT2D eigenvalue weighted by atomic mass is 19.1. The van der Waals surface area contributed by atoms with Crippen molar-refractivity contribution in [1.29, 1.82) is 0 Å². The van der Waals surface area contributed by atoms with Crippen LogP contribution < -0.4 is 0 Å². The summed E-state index contributed by atoms with van der Waals surface area (Å²) < 4.78 is 30.9. The van der Waals surface area contributed by atoms with E-state index in [-0.39, 0.29) is 11.6 Å². The first-order chi connectivity index (χ1) is 34.5. The Hall–Kier alpha value is -7.94. The fourth-order valence-electron chi connectivity index (χ4n) is 9.21. The molecule has 0 saturated heterocycles. The minimum absolute atomic E-state index is 0.288. The zero-order valence-corrected chi connectivity index (χ0v) is 42.7. The Morgan fingerprint density at radius 3 is 1.15 bits per heavy atom. The van der Waals surface area contributed by atoms with Crippen molar-refractivity contribution in [3.05, 3.63) is 258 Å². The van der Waals surface area contributed by atoms with E-state index < -0.39 is 0 Å². The van der Waals surface area contributed by atoms with Gasteiger partial charge in [0.1, 0.15) is 11.6 Å². The van der Waals surface area contributed by atoms with E-state index in [4.69, 9.17) is 0 Å². The first kappa shape index (κ1) is 50.9. The van der Waals surface area contributed by atoms with E-state index in [9.17, 15) is 0 Å². The van der Waals surface area contributed by atoms with Crippen LogP contribution in [0.15, 0.2) is 225 Å². The van der Waals surface area contributed by atoms with Gasteiger partial charge in [0.2, 0.25) is 0 Å². The van der Waals surface area contributed by atoms with Crippen molar-refractivity contribution < 1.29 is 8.78 Å². The molecule has 354 valence electrons. The normalized spacial score (nSPS) is 11.3. The maximum Gasteiger partial charge on any atom is 0.124 e. The van der Waals surface area contributed by atoms with Crippen LogP contribution in [-0.2, 0) is 0 Å². The van der Waals surface area contributed by atoms with E-state index in [1.807, 2.05) is 89.2 Å². The van der Waals surface area contributed by atoms with E-state index in [0.717, 1.165) is 89.0 Å². The summed E-state index contributed by atoms with van der Waals surface area (Å²) in [6.45, 7) is 22.5. The van der Waals surface area contributed by atoms with Gasteiger partial charge < -0.3 is 0 Å². The summed E-state index contributed by atoms with van der Waals surface area (Å²) in [5.74, 6) is -0.581. The van der Waals surface area contributed by atoms with E-state index in [1.165, 1.54) is 33.4 Å². The van der Waals surface area contributed by atoms with E-state index in [2.05, 4.69) is 168 Å². The minimum atomic E-state index is -0.294. The second-order valence-corrected chi connectivity index (χ2v) is 17.5. The van der Waals surface area contributed by atoms with Crippen LogP contribution in [0.4, 0.5) is 8.78 Å². The van der Waals surface area contributed by atoms with Gasteiger partial charge in [-0.3, -0.25) is 0 Å². The van der Waals surface area contributed by atoms with Crippen LogP contribution in [0.3, 0.4) is 0 Å². The summed E-state index contributed by atoms with van der Waals surface area (Å²) in [4.78, 5) is 0. The molecule has 0 aliphatic rings. The molecule has 0 saturated carbocycles.